The number of nitrogens with zero attached hydrogens (tertiary/aromatic N) is 2. The van der Waals surface area contributed by atoms with E-state index in [9.17, 15) is 14.4 Å². The molecular formula is C26H30ClN5O4S. The van der Waals surface area contributed by atoms with E-state index < -0.39 is 6.04 Å². The number of H-pyrrole nitrogens is 1. The van der Waals surface area contributed by atoms with Gasteiger partial charge in [-0.3, -0.25) is 14.4 Å². The fourth-order valence-electron chi connectivity index (χ4n) is 5.13. The van der Waals surface area contributed by atoms with Crippen LogP contribution < -0.4 is 10.6 Å². The predicted octanol–water partition coefficient (Wildman–Crippen LogP) is 3.53. The Morgan fingerprint density at radius 3 is 2.76 bits per heavy atom. The summed E-state index contributed by atoms with van der Waals surface area (Å²) in [6.45, 7) is 3.75. The van der Waals surface area contributed by atoms with E-state index in [1.54, 1.807) is 6.92 Å². The molecule has 37 heavy (non-hydrogen) atoms. The minimum absolute atomic E-state index is 0.275. The molecular weight excluding hydrogens is 514 g/mol. The second kappa shape index (κ2) is 10.8. The number of hydrogen-bond acceptors (Lipinski definition) is 7. The van der Waals surface area contributed by atoms with Crippen LogP contribution in [0.1, 0.15) is 57.0 Å². The fourth-order valence-corrected chi connectivity index (χ4v) is 6.52. The van der Waals surface area contributed by atoms with Crippen LogP contribution in [0.2, 0.25) is 5.02 Å². The first-order valence-electron chi connectivity index (χ1n) is 12.6. The van der Waals surface area contributed by atoms with Gasteiger partial charge in [-0.05, 0) is 39.3 Å². The van der Waals surface area contributed by atoms with E-state index >= 15 is 0 Å². The van der Waals surface area contributed by atoms with Crippen LogP contribution >= 0.6 is 22.9 Å². The number of fused-ring (bicyclic) bond motifs is 2. The molecule has 0 radical (unpaired) electrons. The largest absolute Gasteiger partial charge is 0.466 e. The Labute approximate surface area is 223 Å². The molecule has 1 fully saturated rings. The quantitative estimate of drug-likeness (QED) is 0.410. The molecule has 11 heteroatoms. The molecule has 2 amide bonds. The van der Waals surface area contributed by atoms with Crippen molar-refractivity contribution < 1.29 is 19.1 Å². The van der Waals surface area contributed by atoms with Crippen LogP contribution in [0.15, 0.2) is 24.3 Å². The SMILES string of the molecule is CCOC(=O)[C@H]1CC[C@H](NC(=O)c2[nH]c3ccccc3c2Cl)[C@H](NC(=O)c2nc3c(s2)CN(C)CC3)C1. The zero-order valence-electron chi connectivity index (χ0n) is 20.8. The summed E-state index contributed by atoms with van der Waals surface area (Å²) in [6.07, 6.45) is 2.24. The fraction of sp³-hybridized carbons (Fsp3) is 0.462. The van der Waals surface area contributed by atoms with Crippen molar-refractivity contribution in [2.75, 3.05) is 20.2 Å². The second-order valence-electron chi connectivity index (χ2n) is 9.66. The van der Waals surface area contributed by atoms with Gasteiger partial charge >= 0.3 is 5.97 Å². The summed E-state index contributed by atoms with van der Waals surface area (Å²) in [7, 11) is 2.05. The summed E-state index contributed by atoms with van der Waals surface area (Å²) in [4.78, 5) is 50.0. The molecule has 0 spiro atoms. The van der Waals surface area contributed by atoms with E-state index in [0.29, 0.717) is 35.9 Å². The molecule has 0 unspecified atom stereocenters. The van der Waals surface area contributed by atoms with Crippen LogP contribution in [-0.4, -0.2) is 64.9 Å². The first kappa shape index (κ1) is 25.7. The average Bonchev–Trinajstić information content (AvgIpc) is 3.46. The number of para-hydroxylation sites is 1. The Hall–Kier alpha value is -2.95. The first-order valence-corrected chi connectivity index (χ1v) is 13.7. The van der Waals surface area contributed by atoms with Crippen LogP contribution in [0.25, 0.3) is 10.9 Å². The molecule has 3 N–H and O–H groups in total. The lowest BCUT2D eigenvalue weighted by molar-refractivity contribution is -0.149. The lowest BCUT2D eigenvalue weighted by atomic mass is 9.82. The number of benzene rings is 1. The zero-order chi connectivity index (χ0) is 26.1. The van der Waals surface area contributed by atoms with Crippen molar-refractivity contribution in [3.05, 3.63) is 50.6 Å². The standard InChI is InChI=1S/C26H30ClN5O4S/c1-3-36-26(35)14-8-9-17(29-23(33)22-21(27)15-6-4-5-7-16(15)28-22)19(12-14)30-24(34)25-31-18-10-11-32(2)13-20(18)37-25/h4-7,14,17,19,28H,3,8-13H2,1-2H3,(H,29,33)(H,30,34)/t14-,17-,19+/m0/s1. The van der Waals surface area contributed by atoms with Gasteiger partial charge in [0.25, 0.3) is 11.8 Å². The Bertz CT molecular complexity index is 1340. The van der Waals surface area contributed by atoms with Gasteiger partial charge < -0.3 is 25.3 Å². The Morgan fingerprint density at radius 2 is 1.97 bits per heavy atom. The van der Waals surface area contributed by atoms with Crippen LogP contribution in [0.5, 0.6) is 0 Å². The lowest BCUT2D eigenvalue weighted by Gasteiger charge is -2.35. The molecule has 9 nitrogen and oxygen atoms in total. The van der Waals surface area contributed by atoms with Crippen molar-refractivity contribution >= 4 is 51.6 Å². The van der Waals surface area contributed by atoms with Gasteiger partial charge in [-0.1, -0.05) is 29.8 Å². The number of ether oxygens (including phenoxy) is 1. The smallest absolute Gasteiger partial charge is 0.308 e. The lowest BCUT2D eigenvalue weighted by Crippen LogP contribution is -2.55. The minimum atomic E-state index is -0.466. The van der Waals surface area contributed by atoms with Gasteiger partial charge in [0.1, 0.15) is 5.69 Å². The van der Waals surface area contributed by atoms with Gasteiger partial charge in [-0.15, -0.1) is 11.3 Å². The summed E-state index contributed by atoms with van der Waals surface area (Å²) in [5.74, 6) is -1.28. The number of nitrogens with one attached hydrogen (secondary N) is 3. The first-order chi connectivity index (χ1) is 17.8. The van der Waals surface area contributed by atoms with Crippen LogP contribution in [0.3, 0.4) is 0 Å². The number of aromatic nitrogens is 2. The maximum atomic E-state index is 13.3. The van der Waals surface area contributed by atoms with Crippen LogP contribution in [-0.2, 0) is 22.5 Å². The number of amides is 2. The number of carbonyl (C=O) groups is 3. The second-order valence-corrected chi connectivity index (χ2v) is 11.1. The van der Waals surface area contributed by atoms with Gasteiger partial charge in [0.2, 0.25) is 0 Å². The summed E-state index contributed by atoms with van der Waals surface area (Å²) in [6, 6.07) is 6.59. The van der Waals surface area contributed by atoms with E-state index in [0.717, 1.165) is 41.0 Å². The number of halogens is 1. The van der Waals surface area contributed by atoms with Crippen molar-refractivity contribution in [3.8, 4) is 0 Å². The number of esters is 1. The molecule has 3 atom stereocenters. The maximum Gasteiger partial charge on any atom is 0.308 e. The summed E-state index contributed by atoms with van der Waals surface area (Å²) < 4.78 is 5.24. The minimum Gasteiger partial charge on any atom is -0.466 e. The Balaban J connectivity index is 1.34. The van der Waals surface area contributed by atoms with Gasteiger partial charge in [0.15, 0.2) is 5.01 Å². The monoisotopic (exact) mass is 543 g/mol. The molecule has 1 saturated carbocycles. The number of aromatic amines is 1. The predicted molar refractivity (Wildman–Crippen MR) is 142 cm³/mol. The van der Waals surface area contributed by atoms with E-state index in [4.69, 9.17) is 16.3 Å². The van der Waals surface area contributed by atoms with Crippen LogP contribution in [0, 0.1) is 5.92 Å². The Kier molecular flexibility index (Phi) is 7.50. The van der Waals surface area contributed by atoms with E-state index in [1.165, 1.54) is 11.3 Å². The van der Waals surface area contributed by atoms with Crippen molar-refractivity contribution in [3.63, 3.8) is 0 Å². The van der Waals surface area contributed by atoms with Crippen molar-refractivity contribution in [1.82, 2.24) is 25.5 Å². The number of hydrogen-bond donors (Lipinski definition) is 3. The molecule has 3 heterocycles. The van der Waals surface area contributed by atoms with E-state index in [-0.39, 0.29) is 35.4 Å². The molecule has 1 aliphatic heterocycles. The van der Waals surface area contributed by atoms with Crippen molar-refractivity contribution in [1.29, 1.82) is 0 Å². The topological polar surface area (TPSA) is 116 Å². The highest BCUT2D eigenvalue weighted by Gasteiger charge is 2.37. The molecule has 1 aromatic carbocycles. The highest BCUT2D eigenvalue weighted by molar-refractivity contribution is 7.13. The molecule has 2 aliphatic rings. The molecule has 2 aromatic heterocycles. The van der Waals surface area contributed by atoms with Crippen molar-refractivity contribution in [2.45, 2.75) is 51.2 Å². The summed E-state index contributed by atoms with van der Waals surface area (Å²) in [5.41, 5.74) is 2.02. The number of carbonyl (C=O) groups excluding carboxylic acids is 3. The number of rotatable bonds is 6. The molecule has 196 valence electrons. The maximum absolute atomic E-state index is 13.3. The third kappa shape index (κ3) is 5.37. The van der Waals surface area contributed by atoms with Crippen molar-refractivity contribution in [2.24, 2.45) is 5.92 Å². The van der Waals surface area contributed by atoms with Gasteiger partial charge in [-0.25, -0.2) is 4.98 Å². The zero-order valence-corrected chi connectivity index (χ0v) is 22.4. The van der Waals surface area contributed by atoms with Gasteiger partial charge in [-0.2, -0.15) is 0 Å². The van der Waals surface area contributed by atoms with Gasteiger partial charge in [0.05, 0.1) is 29.3 Å². The normalized spacial score (nSPS) is 21.9. The summed E-state index contributed by atoms with van der Waals surface area (Å²) >= 11 is 7.90. The Morgan fingerprint density at radius 1 is 1.19 bits per heavy atom. The average molecular weight is 544 g/mol. The molecule has 0 saturated heterocycles. The molecule has 5 rings (SSSR count). The highest BCUT2D eigenvalue weighted by Crippen LogP contribution is 2.30. The number of thiazole rings is 1. The van der Waals surface area contributed by atoms with E-state index in [2.05, 4.69) is 25.5 Å². The number of likely N-dealkylation sites (N-methyl/N-ethyl adjacent to an activating group) is 1. The third-order valence-electron chi connectivity index (χ3n) is 7.09. The van der Waals surface area contributed by atoms with E-state index in [1.807, 2.05) is 31.3 Å². The molecule has 3 aromatic rings. The van der Waals surface area contributed by atoms with Gasteiger partial charge in [0, 0.05) is 41.3 Å². The van der Waals surface area contributed by atoms with Crippen LogP contribution in [0.4, 0.5) is 0 Å². The third-order valence-corrected chi connectivity index (χ3v) is 8.56. The highest BCUT2D eigenvalue weighted by atomic mass is 35.5. The molecule has 0 bridgehead atoms. The molecule has 1 aliphatic carbocycles. The summed E-state index contributed by atoms with van der Waals surface area (Å²) in [5, 5.41) is 7.63.